The van der Waals surface area contributed by atoms with Crippen LogP contribution in [0.25, 0.3) is 10.9 Å². The summed E-state index contributed by atoms with van der Waals surface area (Å²) in [5.74, 6) is -1.42. The second-order valence-electron chi connectivity index (χ2n) is 8.03. The zero-order chi connectivity index (χ0) is 24.8. The quantitative estimate of drug-likeness (QED) is 0.286. The van der Waals surface area contributed by atoms with Crippen LogP contribution < -0.4 is 5.32 Å². The van der Waals surface area contributed by atoms with Gasteiger partial charge in [0.15, 0.2) is 6.61 Å². The fourth-order valence-electron chi connectivity index (χ4n) is 3.86. The van der Waals surface area contributed by atoms with Gasteiger partial charge >= 0.3 is 5.97 Å². The molecule has 0 aliphatic rings. The molecule has 4 rings (SSSR count). The number of Topliss-reactive ketones (excluding diaryl/α,β-unsaturated/α-hetero) is 1. The van der Waals surface area contributed by atoms with Crippen LogP contribution in [-0.4, -0.2) is 28.8 Å². The number of aromatic nitrogens is 1. The predicted molar refractivity (Wildman–Crippen MR) is 132 cm³/mol. The fourth-order valence-corrected chi connectivity index (χ4v) is 3.86. The number of ketones is 1. The van der Waals surface area contributed by atoms with Gasteiger partial charge in [-0.05, 0) is 37.3 Å². The molecule has 1 heterocycles. The van der Waals surface area contributed by atoms with Crippen molar-refractivity contribution in [1.82, 2.24) is 4.57 Å². The number of carbonyl (C=O) groups is 3. The van der Waals surface area contributed by atoms with E-state index in [0.717, 1.165) is 16.5 Å². The molecule has 7 heteroatoms. The summed E-state index contributed by atoms with van der Waals surface area (Å²) in [5, 5.41) is 12.4. The maximum atomic E-state index is 12.9. The van der Waals surface area contributed by atoms with Gasteiger partial charge in [0.1, 0.15) is 0 Å². The lowest BCUT2D eigenvalue weighted by Crippen LogP contribution is -2.18. The maximum absolute atomic E-state index is 12.9. The number of ether oxygens (including phenoxy) is 1. The molecule has 0 aliphatic heterocycles. The molecule has 0 atom stereocenters. The number of benzene rings is 3. The van der Waals surface area contributed by atoms with E-state index in [-0.39, 0.29) is 17.3 Å². The number of nitriles is 1. The first kappa shape index (κ1) is 23.5. The van der Waals surface area contributed by atoms with Crippen LogP contribution in [0.1, 0.15) is 43.1 Å². The predicted octanol–water partition coefficient (Wildman–Crippen LogP) is 5.16. The van der Waals surface area contributed by atoms with Crippen LogP contribution in [0.2, 0.25) is 0 Å². The van der Waals surface area contributed by atoms with Crippen LogP contribution in [0.4, 0.5) is 5.69 Å². The molecule has 1 aromatic heterocycles. The van der Waals surface area contributed by atoms with E-state index in [1.807, 2.05) is 41.8 Å². The molecule has 0 unspecified atom stereocenters. The molecule has 0 bridgehead atoms. The summed E-state index contributed by atoms with van der Waals surface area (Å²) in [6, 6.07) is 23.1. The first-order valence-corrected chi connectivity index (χ1v) is 11.1. The molecular weight excluding hydrogens is 442 g/mol. The fraction of sp³-hybridized carbons (Fsp3) is 0.143. The SMILES string of the molecule is Cc1cccc(C(=O)Nc2ccccc2C(=O)OCC(=O)c2cn(CCC#N)c3ccccc23)c1. The molecule has 0 radical (unpaired) electrons. The van der Waals surface area contributed by atoms with Gasteiger partial charge in [-0.3, -0.25) is 9.59 Å². The van der Waals surface area contributed by atoms with Gasteiger partial charge in [0.2, 0.25) is 5.78 Å². The second kappa shape index (κ2) is 10.5. The van der Waals surface area contributed by atoms with Crippen molar-refractivity contribution in [1.29, 1.82) is 5.26 Å². The van der Waals surface area contributed by atoms with E-state index < -0.39 is 12.6 Å². The second-order valence-corrected chi connectivity index (χ2v) is 8.03. The van der Waals surface area contributed by atoms with Gasteiger partial charge in [0.25, 0.3) is 5.91 Å². The number of para-hydroxylation sites is 2. The Kier molecular flexibility index (Phi) is 7.03. The topological polar surface area (TPSA) is 101 Å². The molecule has 3 aromatic carbocycles. The molecule has 0 aliphatic carbocycles. The molecule has 0 fully saturated rings. The minimum atomic E-state index is -0.716. The summed E-state index contributed by atoms with van der Waals surface area (Å²) < 4.78 is 7.18. The van der Waals surface area contributed by atoms with E-state index in [9.17, 15) is 14.4 Å². The maximum Gasteiger partial charge on any atom is 0.340 e. The Morgan fingerprint density at radius 2 is 1.74 bits per heavy atom. The molecule has 1 N–H and O–H groups in total. The first-order chi connectivity index (χ1) is 17.0. The van der Waals surface area contributed by atoms with Gasteiger partial charge in [-0.25, -0.2) is 4.79 Å². The van der Waals surface area contributed by atoms with E-state index in [4.69, 9.17) is 10.00 Å². The molecule has 4 aromatic rings. The summed E-state index contributed by atoms with van der Waals surface area (Å²) in [7, 11) is 0. The average Bonchev–Trinajstić information content (AvgIpc) is 3.25. The van der Waals surface area contributed by atoms with Gasteiger partial charge in [-0.1, -0.05) is 48.0 Å². The Morgan fingerprint density at radius 3 is 2.54 bits per heavy atom. The van der Waals surface area contributed by atoms with Crippen LogP contribution in [-0.2, 0) is 11.3 Å². The molecule has 0 spiro atoms. The number of anilines is 1. The van der Waals surface area contributed by atoms with Crippen molar-refractivity contribution >= 4 is 34.3 Å². The summed E-state index contributed by atoms with van der Waals surface area (Å²) in [6.45, 7) is 1.89. The van der Waals surface area contributed by atoms with Gasteiger partial charge in [0.05, 0.1) is 23.7 Å². The Balaban J connectivity index is 1.48. The van der Waals surface area contributed by atoms with Crippen molar-refractivity contribution in [2.75, 3.05) is 11.9 Å². The number of amides is 1. The van der Waals surface area contributed by atoms with E-state index in [1.54, 1.807) is 42.6 Å². The van der Waals surface area contributed by atoms with Gasteiger partial charge < -0.3 is 14.6 Å². The highest BCUT2D eigenvalue weighted by Crippen LogP contribution is 2.23. The van der Waals surface area contributed by atoms with Crippen LogP contribution in [0, 0.1) is 18.3 Å². The van der Waals surface area contributed by atoms with E-state index in [2.05, 4.69) is 11.4 Å². The summed E-state index contributed by atoms with van der Waals surface area (Å²) in [6.07, 6.45) is 2.00. The molecule has 35 heavy (non-hydrogen) atoms. The highest BCUT2D eigenvalue weighted by Gasteiger charge is 2.19. The van der Waals surface area contributed by atoms with Crippen LogP contribution in [0.15, 0.2) is 79.0 Å². The number of fused-ring (bicyclic) bond motifs is 1. The molecule has 0 saturated heterocycles. The van der Waals surface area contributed by atoms with Crippen LogP contribution in [0.5, 0.6) is 0 Å². The van der Waals surface area contributed by atoms with Crippen molar-refractivity contribution in [3.63, 3.8) is 0 Å². The highest BCUT2D eigenvalue weighted by atomic mass is 16.5. The molecule has 1 amide bonds. The lowest BCUT2D eigenvalue weighted by Gasteiger charge is -2.11. The summed E-state index contributed by atoms with van der Waals surface area (Å²) in [5.41, 5.74) is 3.12. The van der Waals surface area contributed by atoms with Gasteiger partial charge in [0, 0.05) is 34.8 Å². The Morgan fingerprint density at radius 1 is 0.971 bits per heavy atom. The smallest absolute Gasteiger partial charge is 0.340 e. The standard InChI is InChI=1S/C28H23N3O4/c1-19-8-6-9-20(16-19)27(33)30-24-12-4-2-11-22(24)28(34)35-18-26(32)23-17-31(15-7-14-29)25-13-5-3-10-21(23)25/h2-6,8-13,16-17H,7,15,18H2,1H3,(H,30,33). The zero-order valence-electron chi connectivity index (χ0n) is 19.2. The minimum Gasteiger partial charge on any atom is -0.454 e. The molecule has 174 valence electrons. The van der Waals surface area contributed by atoms with Crippen molar-refractivity contribution < 1.29 is 19.1 Å². The largest absolute Gasteiger partial charge is 0.454 e. The minimum absolute atomic E-state index is 0.151. The van der Waals surface area contributed by atoms with E-state index >= 15 is 0 Å². The van der Waals surface area contributed by atoms with E-state index in [1.165, 1.54) is 6.07 Å². The summed E-state index contributed by atoms with van der Waals surface area (Å²) >= 11 is 0. The third-order valence-electron chi connectivity index (χ3n) is 5.56. The first-order valence-electron chi connectivity index (χ1n) is 11.1. The van der Waals surface area contributed by atoms with Crippen molar-refractivity contribution in [3.8, 4) is 6.07 Å². The van der Waals surface area contributed by atoms with Gasteiger partial charge in [-0.2, -0.15) is 5.26 Å². The lowest BCUT2D eigenvalue weighted by atomic mass is 10.1. The third kappa shape index (κ3) is 5.28. The number of hydrogen-bond acceptors (Lipinski definition) is 5. The van der Waals surface area contributed by atoms with Crippen molar-refractivity contribution in [2.45, 2.75) is 19.9 Å². The highest BCUT2D eigenvalue weighted by molar-refractivity contribution is 6.10. The third-order valence-corrected chi connectivity index (χ3v) is 5.56. The summed E-state index contributed by atoms with van der Waals surface area (Å²) in [4.78, 5) is 38.4. The van der Waals surface area contributed by atoms with Crippen LogP contribution in [0.3, 0.4) is 0 Å². The Hall–Kier alpha value is -4.70. The zero-order valence-corrected chi connectivity index (χ0v) is 19.2. The number of nitrogens with zero attached hydrogens (tertiary/aromatic N) is 2. The van der Waals surface area contributed by atoms with Crippen LogP contribution >= 0.6 is 0 Å². The Bertz CT molecular complexity index is 1460. The van der Waals surface area contributed by atoms with Gasteiger partial charge in [-0.15, -0.1) is 0 Å². The number of nitrogens with one attached hydrogen (secondary N) is 1. The Labute approximate surface area is 202 Å². The number of hydrogen-bond donors (Lipinski definition) is 1. The molecular formula is C28H23N3O4. The molecule has 0 saturated carbocycles. The van der Waals surface area contributed by atoms with Crippen molar-refractivity contribution in [2.24, 2.45) is 0 Å². The number of carbonyl (C=O) groups excluding carboxylic acids is 3. The average molecular weight is 466 g/mol. The monoisotopic (exact) mass is 465 g/mol. The van der Waals surface area contributed by atoms with Crippen molar-refractivity contribution in [3.05, 3.63) is 101 Å². The van der Waals surface area contributed by atoms with E-state index in [0.29, 0.717) is 29.8 Å². The number of esters is 1. The lowest BCUT2D eigenvalue weighted by molar-refractivity contribution is 0.0476. The number of rotatable bonds is 8. The normalized spacial score (nSPS) is 10.5. The molecule has 7 nitrogen and oxygen atoms in total. The number of aryl methyl sites for hydroxylation is 2.